The molecular weight excluding hydrogens is 273 g/mol. The summed E-state index contributed by atoms with van der Waals surface area (Å²) >= 11 is 5.67. The minimum atomic E-state index is -0.422. The molecule has 0 unspecified atom stereocenters. The number of hydrogen-bond donors (Lipinski definition) is 0. The van der Waals surface area contributed by atoms with Gasteiger partial charge in [0.2, 0.25) is 0 Å². The SMILES string of the molecule is COC(=O)CN1CCN(c2ncc(Cl)cc2F)CC1. The van der Waals surface area contributed by atoms with Crippen molar-refractivity contribution < 1.29 is 13.9 Å². The molecule has 1 aromatic rings. The Balaban J connectivity index is 1.94. The van der Waals surface area contributed by atoms with Gasteiger partial charge >= 0.3 is 5.97 Å². The molecule has 0 aromatic carbocycles. The molecule has 0 aliphatic carbocycles. The molecule has 1 aromatic heterocycles. The maximum atomic E-state index is 13.7. The van der Waals surface area contributed by atoms with Crippen molar-refractivity contribution in [1.82, 2.24) is 9.88 Å². The summed E-state index contributed by atoms with van der Waals surface area (Å²) in [6.07, 6.45) is 1.43. The van der Waals surface area contributed by atoms with Crippen molar-refractivity contribution in [2.75, 3.05) is 44.7 Å². The van der Waals surface area contributed by atoms with Gasteiger partial charge in [0.15, 0.2) is 11.6 Å². The van der Waals surface area contributed by atoms with Crippen LogP contribution in [0.5, 0.6) is 0 Å². The fourth-order valence-corrected chi connectivity index (χ4v) is 2.15. The van der Waals surface area contributed by atoms with Gasteiger partial charge in [-0.3, -0.25) is 9.69 Å². The Labute approximate surface area is 115 Å². The van der Waals surface area contributed by atoms with Crippen molar-refractivity contribution in [2.45, 2.75) is 0 Å². The molecule has 0 saturated carbocycles. The maximum absolute atomic E-state index is 13.7. The monoisotopic (exact) mass is 287 g/mol. The number of hydrogen-bond acceptors (Lipinski definition) is 5. The van der Waals surface area contributed by atoms with Gasteiger partial charge in [-0.05, 0) is 6.07 Å². The number of nitrogens with zero attached hydrogens (tertiary/aromatic N) is 3. The highest BCUT2D eigenvalue weighted by Crippen LogP contribution is 2.20. The molecule has 1 aliphatic heterocycles. The van der Waals surface area contributed by atoms with Gasteiger partial charge in [0.25, 0.3) is 0 Å². The molecule has 0 bridgehead atoms. The van der Waals surface area contributed by atoms with Crippen LogP contribution in [-0.4, -0.2) is 55.7 Å². The van der Waals surface area contributed by atoms with Crippen LogP contribution in [0, 0.1) is 5.82 Å². The number of piperazine rings is 1. The summed E-state index contributed by atoms with van der Waals surface area (Å²) in [6, 6.07) is 1.25. The van der Waals surface area contributed by atoms with Crippen LogP contribution in [0.25, 0.3) is 0 Å². The van der Waals surface area contributed by atoms with Crippen LogP contribution in [0.3, 0.4) is 0 Å². The number of pyridine rings is 1. The van der Waals surface area contributed by atoms with E-state index in [1.54, 1.807) is 0 Å². The lowest BCUT2D eigenvalue weighted by molar-refractivity contribution is -0.142. The predicted octanol–water partition coefficient (Wildman–Crippen LogP) is 1.17. The summed E-state index contributed by atoms with van der Waals surface area (Å²) in [4.78, 5) is 19.0. The van der Waals surface area contributed by atoms with Gasteiger partial charge in [0.05, 0.1) is 18.7 Å². The number of anilines is 1. The molecule has 0 radical (unpaired) electrons. The smallest absolute Gasteiger partial charge is 0.319 e. The van der Waals surface area contributed by atoms with Crippen molar-refractivity contribution in [3.8, 4) is 0 Å². The lowest BCUT2D eigenvalue weighted by Gasteiger charge is -2.34. The van der Waals surface area contributed by atoms with E-state index < -0.39 is 5.82 Å². The molecule has 0 spiro atoms. The zero-order valence-electron chi connectivity index (χ0n) is 10.6. The fraction of sp³-hybridized carbons (Fsp3) is 0.500. The third-order valence-electron chi connectivity index (χ3n) is 3.04. The summed E-state index contributed by atoms with van der Waals surface area (Å²) in [7, 11) is 1.37. The molecule has 2 rings (SSSR count). The van der Waals surface area contributed by atoms with E-state index in [2.05, 4.69) is 9.72 Å². The Kier molecular flexibility index (Phi) is 4.55. The largest absolute Gasteiger partial charge is 0.468 e. The lowest BCUT2D eigenvalue weighted by atomic mass is 10.3. The first-order valence-corrected chi connectivity index (χ1v) is 6.33. The first-order valence-electron chi connectivity index (χ1n) is 5.95. The summed E-state index contributed by atoms with van der Waals surface area (Å²) in [5.41, 5.74) is 0. The summed E-state index contributed by atoms with van der Waals surface area (Å²) in [5.74, 6) is -0.375. The van der Waals surface area contributed by atoms with Crippen molar-refractivity contribution in [3.63, 3.8) is 0 Å². The average Bonchev–Trinajstić information content (AvgIpc) is 2.40. The second kappa shape index (κ2) is 6.16. The third-order valence-corrected chi connectivity index (χ3v) is 3.25. The molecule has 1 saturated heterocycles. The minimum absolute atomic E-state index is 0.260. The van der Waals surface area contributed by atoms with Crippen molar-refractivity contribution >= 4 is 23.4 Å². The van der Waals surface area contributed by atoms with Gasteiger partial charge in [-0.1, -0.05) is 11.6 Å². The number of carbonyl (C=O) groups is 1. The van der Waals surface area contributed by atoms with E-state index in [9.17, 15) is 9.18 Å². The van der Waals surface area contributed by atoms with E-state index in [1.807, 2.05) is 9.80 Å². The number of carbonyl (C=O) groups excluding carboxylic acids is 1. The van der Waals surface area contributed by atoms with Crippen molar-refractivity contribution in [3.05, 3.63) is 23.1 Å². The van der Waals surface area contributed by atoms with E-state index >= 15 is 0 Å². The minimum Gasteiger partial charge on any atom is -0.468 e. The van der Waals surface area contributed by atoms with Gasteiger partial charge < -0.3 is 9.64 Å². The molecule has 7 heteroatoms. The van der Waals surface area contributed by atoms with Crippen LogP contribution in [0.4, 0.5) is 10.2 Å². The Morgan fingerprint density at radius 2 is 2.16 bits per heavy atom. The van der Waals surface area contributed by atoms with Crippen LogP contribution >= 0.6 is 11.6 Å². The molecule has 0 amide bonds. The quantitative estimate of drug-likeness (QED) is 0.781. The summed E-state index contributed by atoms with van der Waals surface area (Å²) in [5, 5.41) is 0.283. The van der Waals surface area contributed by atoms with Gasteiger partial charge in [-0.2, -0.15) is 0 Å². The van der Waals surface area contributed by atoms with Crippen molar-refractivity contribution in [1.29, 1.82) is 0 Å². The second-order valence-corrected chi connectivity index (χ2v) is 4.73. The molecule has 2 heterocycles. The van der Waals surface area contributed by atoms with E-state index in [-0.39, 0.29) is 17.5 Å². The normalized spacial score (nSPS) is 16.5. The Bertz CT molecular complexity index is 464. The Morgan fingerprint density at radius 1 is 1.47 bits per heavy atom. The molecule has 5 nitrogen and oxygen atoms in total. The van der Waals surface area contributed by atoms with E-state index in [0.29, 0.717) is 32.0 Å². The van der Waals surface area contributed by atoms with Crippen LogP contribution < -0.4 is 4.90 Å². The summed E-state index contributed by atoms with van der Waals surface area (Å²) < 4.78 is 18.3. The maximum Gasteiger partial charge on any atom is 0.319 e. The highest BCUT2D eigenvalue weighted by atomic mass is 35.5. The predicted molar refractivity (Wildman–Crippen MR) is 69.9 cm³/mol. The molecule has 1 aliphatic rings. The molecule has 1 fully saturated rings. The standard InChI is InChI=1S/C12H15ClFN3O2/c1-19-11(18)8-16-2-4-17(5-3-16)12-10(14)6-9(13)7-15-12/h6-7H,2-5,8H2,1H3. The topological polar surface area (TPSA) is 45.7 Å². The van der Waals surface area contributed by atoms with Gasteiger partial charge in [-0.25, -0.2) is 9.37 Å². The highest BCUT2D eigenvalue weighted by Gasteiger charge is 2.22. The van der Waals surface area contributed by atoms with Gasteiger partial charge in [0.1, 0.15) is 0 Å². The Hall–Kier alpha value is -1.40. The first kappa shape index (κ1) is 14.0. The molecule has 19 heavy (non-hydrogen) atoms. The zero-order chi connectivity index (χ0) is 13.8. The number of halogens is 2. The zero-order valence-corrected chi connectivity index (χ0v) is 11.4. The Morgan fingerprint density at radius 3 is 2.74 bits per heavy atom. The fourth-order valence-electron chi connectivity index (χ4n) is 2.00. The molecule has 0 N–H and O–H groups in total. The highest BCUT2D eigenvalue weighted by molar-refractivity contribution is 6.30. The summed E-state index contributed by atoms with van der Waals surface area (Å²) in [6.45, 7) is 2.82. The van der Waals surface area contributed by atoms with Gasteiger partial charge in [0, 0.05) is 32.4 Å². The second-order valence-electron chi connectivity index (χ2n) is 4.30. The van der Waals surface area contributed by atoms with E-state index in [1.165, 1.54) is 19.4 Å². The number of esters is 1. The first-order chi connectivity index (χ1) is 9.10. The van der Waals surface area contributed by atoms with Crippen LogP contribution in [0.1, 0.15) is 0 Å². The number of ether oxygens (including phenoxy) is 1. The van der Waals surface area contributed by atoms with E-state index in [0.717, 1.165) is 0 Å². The third kappa shape index (κ3) is 3.54. The number of aromatic nitrogens is 1. The van der Waals surface area contributed by atoms with Crippen LogP contribution in [0.2, 0.25) is 5.02 Å². The average molecular weight is 288 g/mol. The molecule has 0 atom stereocenters. The van der Waals surface area contributed by atoms with Crippen LogP contribution in [-0.2, 0) is 9.53 Å². The molecule has 104 valence electrons. The molecular formula is C12H15ClFN3O2. The van der Waals surface area contributed by atoms with Crippen molar-refractivity contribution in [2.24, 2.45) is 0 Å². The number of rotatable bonds is 3. The number of methoxy groups -OCH3 is 1. The van der Waals surface area contributed by atoms with Crippen LogP contribution in [0.15, 0.2) is 12.3 Å². The van der Waals surface area contributed by atoms with E-state index in [4.69, 9.17) is 11.6 Å². The van der Waals surface area contributed by atoms with Gasteiger partial charge in [-0.15, -0.1) is 0 Å². The lowest BCUT2D eigenvalue weighted by Crippen LogP contribution is -2.48.